The number of carbonyl (C=O) groups excluding carboxylic acids is 2. The number of hydrogen-bond acceptors (Lipinski definition) is 6. The number of likely N-dealkylation sites (tertiary alicyclic amines) is 1. The van der Waals surface area contributed by atoms with Crippen molar-refractivity contribution in [3.05, 3.63) is 64.2 Å². The highest BCUT2D eigenvalue weighted by Crippen LogP contribution is 2.42. The van der Waals surface area contributed by atoms with E-state index in [0.717, 1.165) is 42.0 Å². The van der Waals surface area contributed by atoms with E-state index in [0.29, 0.717) is 24.3 Å². The molecule has 1 aliphatic heterocycles. The molecule has 1 saturated heterocycles. The monoisotopic (exact) mass is 493 g/mol. The number of ketones is 1. The number of nitrogens with zero attached hydrogens (tertiary/aromatic N) is 3. The highest BCUT2D eigenvalue weighted by atomic mass is 16.5. The Morgan fingerprint density at radius 2 is 1.69 bits per heavy atom. The molecule has 0 spiro atoms. The predicted octanol–water partition coefficient (Wildman–Crippen LogP) is 4.53. The number of carbonyl (C=O) groups is 2. The van der Waals surface area contributed by atoms with Crippen molar-refractivity contribution < 1.29 is 19.4 Å². The van der Waals surface area contributed by atoms with Crippen molar-refractivity contribution >= 4 is 23.1 Å². The van der Waals surface area contributed by atoms with Gasteiger partial charge in [0.2, 0.25) is 0 Å². The minimum atomic E-state index is -0.677. The molecule has 0 radical (unpaired) electrons. The van der Waals surface area contributed by atoms with Crippen LogP contribution in [0.1, 0.15) is 48.6 Å². The third-order valence-corrected chi connectivity index (χ3v) is 6.76. The molecule has 1 unspecified atom stereocenters. The molecule has 194 valence electrons. The lowest BCUT2D eigenvalue weighted by atomic mass is 9.93. The van der Waals surface area contributed by atoms with E-state index in [1.54, 1.807) is 11.0 Å². The summed E-state index contributed by atoms with van der Waals surface area (Å²) in [5, 5.41) is 11.5. The summed E-state index contributed by atoms with van der Waals surface area (Å²) in [6.45, 7) is 11.0. The second-order valence-corrected chi connectivity index (χ2v) is 9.58. The predicted molar refractivity (Wildman–Crippen MR) is 145 cm³/mol. The second-order valence-electron chi connectivity index (χ2n) is 9.58. The van der Waals surface area contributed by atoms with E-state index in [1.807, 2.05) is 63.2 Å². The molecule has 1 fully saturated rings. The van der Waals surface area contributed by atoms with E-state index < -0.39 is 17.7 Å². The van der Waals surface area contributed by atoms with Crippen LogP contribution in [0.15, 0.2) is 42.0 Å². The van der Waals surface area contributed by atoms with Crippen molar-refractivity contribution in [2.24, 2.45) is 0 Å². The Kier molecular flexibility index (Phi) is 8.79. The molecule has 7 nitrogen and oxygen atoms in total. The van der Waals surface area contributed by atoms with E-state index in [-0.39, 0.29) is 11.3 Å². The number of Topliss-reactive ketones (excluding diaryl/α,β-unsaturated/α-hetero) is 1. The minimum Gasteiger partial charge on any atom is -0.507 e. The molecule has 2 aromatic rings. The average Bonchev–Trinajstić information content (AvgIpc) is 3.09. The van der Waals surface area contributed by atoms with Crippen LogP contribution in [0.25, 0.3) is 5.76 Å². The lowest BCUT2D eigenvalue weighted by Gasteiger charge is -2.27. The number of anilines is 1. The Bertz CT molecular complexity index is 1130. The van der Waals surface area contributed by atoms with Crippen molar-refractivity contribution in [1.82, 2.24) is 9.80 Å². The van der Waals surface area contributed by atoms with Crippen LogP contribution in [-0.4, -0.2) is 74.0 Å². The van der Waals surface area contributed by atoms with E-state index in [2.05, 4.69) is 18.7 Å². The van der Waals surface area contributed by atoms with Crippen molar-refractivity contribution in [2.75, 3.05) is 52.3 Å². The molecule has 7 heteroatoms. The number of aliphatic hydroxyl groups excluding tert-OH is 1. The summed E-state index contributed by atoms with van der Waals surface area (Å²) in [5.41, 5.74) is 4.16. The fraction of sp³-hybridized carbons (Fsp3) is 0.448. The number of aliphatic hydroxyl groups is 1. The van der Waals surface area contributed by atoms with Crippen molar-refractivity contribution in [1.29, 1.82) is 0 Å². The minimum absolute atomic E-state index is 0.101. The van der Waals surface area contributed by atoms with Gasteiger partial charge in [0, 0.05) is 25.3 Å². The van der Waals surface area contributed by atoms with Crippen LogP contribution >= 0.6 is 0 Å². The molecule has 0 aromatic heterocycles. The molecule has 1 N–H and O–H groups in total. The Morgan fingerprint density at radius 3 is 2.25 bits per heavy atom. The molecule has 1 aliphatic rings. The zero-order valence-corrected chi connectivity index (χ0v) is 22.6. The standard InChI is InChI=1S/C29H39N3O4/c1-8-31(9-2)22-13-11-21(12-14-22)25-24(27(34)29(35)32(25)16-10-15-30(5)6)26(33)23-18-19(3)17-20(4)28(23)36-7/h11-14,17-18,25,33H,8-10,15-16H2,1-7H3/b26-24+. The lowest BCUT2D eigenvalue weighted by molar-refractivity contribution is -0.139. The molecule has 0 saturated carbocycles. The topological polar surface area (TPSA) is 73.3 Å². The first-order valence-corrected chi connectivity index (χ1v) is 12.6. The van der Waals surface area contributed by atoms with E-state index >= 15 is 0 Å². The van der Waals surface area contributed by atoms with Gasteiger partial charge in [0.1, 0.15) is 11.5 Å². The lowest BCUT2D eigenvalue weighted by Crippen LogP contribution is -2.32. The molecule has 2 aromatic carbocycles. The maximum atomic E-state index is 13.4. The van der Waals surface area contributed by atoms with Gasteiger partial charge in [-0.05, 0) is 89.6 Å². The van der Waals surface area contributed by atoms with Crippen molar-refractivity contribution in [2.45, 2.75) is 40.2 Å². The summed E-state index contributed by atoms with van der Waals surface area (Å²) in [6, 6.07) is 11.0. The van der Waals surface area contributed by atoms with Crippen molar-refractivity contribution in [3.63, 3.8) is 0 Å². The fourth-order valence-electron chi connectivity index (χ4n) is 5.02. The molecule has 0 bridgehead atoms. The zero-order chi connectivity index (χ0) is 26.6. The average molecular weight is 494 g/mol. The van der Waals surface area contributed by atoms with E-state index in [1.165, 1.54) is 7.11 Å². The first kappa shape index (κ1) is 27.3. The zero-order valence-electron chi connectivity index (χ0n) is 22.6. The molecule has 36 heavy (non-hydrogen) atoms. The van der Waals surface area contributed by atoms with Crippen LogP contribution in [0.3, 0.4) is 0 Å². The largest absolute Gasteiger partial charge is 0.507 e. The Hall–Kier alpha value is -3.32. The molecule has 0 aliphatic carbocycles. The first-order chi connectivity index (χ1) is 17.1. The smallest absolute Gasteiger partial charge is 0.295 e. The summed E-state index contributed by atoms with van der Waals surface area (Å²) < 4.78 is 5.58. The number of rotatable bonds is 10. The summed E-state index contributed by atoms with van der Waals surface area (Å²) in [5.74, 6) is -0.967. The van der Waals surface area contributed by atoms with Gasteiger partial charge in [0.25, 0.3) is 11.7 Å². The van der Waals surface area contributed by atoms with Gasteiger partial charge >= 0.3 is 0 Å². The van der Waals surface area contributed by atoms with Gasteiger partial charge in [0.05, 0.1) is 24.3 Å². The van der Waals surface area contributed by atoms with Gasteiger partial charge in [-0.3, -0.25) is 9.59 Å². The Morgan fingerprint density at radius 1 is 1.06 bits per heavy atom. The fourth-order valence-corrected chi connectivity index (χ4v) is 5.02. The maximum absolute atomic E-state index is 13.4. The maximum Gasteiger partial charge on any atom is 0.295 e. The van der Waals surface area contributed by atoms with Crippen LogP contribution in [-0.2, 0) is 9.59 Å². The molecule has 1 heterocycles. The van der Waals surface area contributed by atoms with Crippen molar-refractivity contribution in [3.8, 4) is 5.75 Å². The van der Waals surface area contributed by atoms with Crippen LogP contribution in [0.2, 0.25) is 0 Å². The Balaban J connectivity index is 2.17. The van der Waals surface area contributed by atoms with Crippen LogP contribution in [0, 0.1) is 13.8 Å². The molecule has 1 amide bonds. The third kappa shape index (κ3) is 5.41. The van der Waals surface area contributed by atoms with Gasteiger partial charge < -0.3 is 24.5 Å². The van der Waals surface area contributed by atoms with Gasteiger partial charge in [-0.25, -0.2) is 0 Å². The van der Waals surface area contributed by atoms with Crippen LogP contribution in [0.5, 0.6) is 5.75 Å². The summed E-state index contributed by atoms with van der Waals surface area (Å²) >= 11 is 0. The first-order valence-electron chi connectivity index (χ1n) is 12.6. The number of amides is 1. The number of hydrogen-bond donors (Lipinski definition) is 1. The Labute approximate surface area is 215 Å². The normalized spacial score (nSPS) is 17.2. The van der Waals surface area contributed by atoms with Gasteiger partial charge in [-0.1, -0.05) is 18.2 Å². The summed E-state index contributed by atoms with van der Waals surface area (Å²) in [6.07, 6.45) is 0.709. The molecule has 1 atom stereocenters. The summed E-state index contributed by atoms with van der Waals surface area (Å²) in [4.78, 5) is 32.5. The highest BCUT2D eigenvalue weighted by molar-refractivity contribution is 6.46. The van der Waals surface area contributed by atoms with E-state index in [9.17, 15) is 14.7 Å². The van der Waals surface area contributed by atoms with Crippen LogP contribution in [0.4, 0.5) is 5.69 Å². The van der Waals surface area contributed by atoms with Crippen LogP contribution < -0.4 is 9.64 Å². The number of methoxy groups -OCH3 is 1. The number of benzene rings is 2. The van der Waals surface area contributed by atoms with Gasteiger partial charge in [-0.2, -0.15) is 0 Å². The molecule has 3 rings (SSSR count). The number of aryl methyl sites for hydroxylation is 2. The van der Waals surface area contributed by atoms with Gasteiger partial charge in [-0.15, -0.1) is 0 Å². The highest BCUT2D eigenvalue weighted by Gasteiger charge is 2.46. The molecular weight excluding hydrogens is 454 g/mol. The van der Waals surface area contributed by atoms with E-state index in [4.69, 9.17) is 4.74 Å². The van der Waals surface area contributed by atoms with Gasteiger partial charge in [0.15, 0.2) is 0 Å². The molecular formula is C29H39N3O4. The SMILES string of the molecule is CCN(CC)c1ccc(C2/C(=C(\O)c3cc(C)cc(C)c3OC)C(=O)C(=O)N2CCCN(C)C)cc1. The third-order valence-electron chi connectivity index (χ3n) is 6.76. The quantitative estimate of drug-likeness (QED) is 0.298. The second kappa shape index (κ2) is 11.6. The number of ether oxygens (including phenoxy) is 1. The summed E-state index contributed by atoms with van der Waals surface area (Å²) in [7, 11) is 5.49.